The standard InChI is InChI=1S/C13H26N4O/c1-3-6-16(4-2)7-5-14-10-13-11-15-17(12-13)8-9-18/h11-12,14,18H,3-10H2,1-2H3. The van der Waals surface area contributed by atoms with Gasteiger partial charge in [0.15, 0.2) is 0 Å². The SMILES string of the molecule is CCCN(CC)CCNCc1cnn(CCO)c1. The molecule has 0 spiro atoms. The van der Waals surface area contributed by atoms with Crippen LogP contribution in [0.15, 0.2) is 12.4 Å². The van der Waals surface area contributed by atoms with E-state index in [0.29, 0.717) is 6.54 Å². The molecule has 0 amide bonds. The first-order chi connectivity index (χ1) is 8.80. The van der Waals surface area contributed by atoms with E-state index in [9.17, 15) is 0 Å². The van der Waals surface area contributed by atoms with Gasteiger partial charge in [0, 0.05) is 31.4 Å². The smallest absolute Gasteiger partial charge is 0.0640 e. The average molecular weight is 254 g/mol. The molecule has 18 heavy (non-hydrogen) atoms. The molecule has 0 aliphatic heterocycles. The minimum atomic E-state index is 0.136. The van der Waals surface area contributed by atoms with E-state index in [4.69, 9.17) is 5.11 Å². The first-order valence-electron chi connectivity index (χ1n) is 6.85. The molecule has 5 nitrogen and oxygen atoms in total. The van der Waals surface area contributed by atoms with Crippen molar-refractivity contribution in [1.82, 2.24) is 20.0 Å². The van der Waals surface area contributed by atoms with Crippen molar-refractivity contribution in [1.29, 1.82) is 0 Å². The molecule has 1 heterocycles. The largest absolute Gasteiger partial charge is 0.394 e. The molecule has 1 aromatic rings. The lowest BCUT2D eigenvalue weighted by Gasteiger charge is -2.19. The van der Waals surface area contributed by atoms with E-state index in [-0.39, 0.29) is 6.61 Å². The normalized spacial score (nSPS) is 11.3. The molecule has 0 radical (unpaired) electrons. The molecule has 0 aromatic carbocycles. The zero-order valence-electron chi connectivity index (χ0n) is 11.6. The van der Waals surface area contributed by atoms with Crippen LogP contribution in [0.25, 0.3) is 0 Å². The van der Waals surface area contributed by atoms with Crippen molar-refractivity contribution < 1.29 is 5.11 Å². The van der Waals surface area contributed by atoms with Crippen molar-refractivity contribution in [3.63, 3.8) is 0 Å². The third kappa shape index (κ3) is 5.62. The summed E-state index contributed by atoms with van der Waals surface area (Å²) in [7, 11) is 0. The predicted octanol–water partition coefficient (Wildman–Crippen LogP) is 0.697. The highest BCUT2D eigenvalue weighted by molar-refractivity contribution is 5.03. The molecule has 5 heteroatoms. The number of aromatic nitrogens is 2. The van der Waals surface area contributed by atoms with Gasteiger partial charge in [0.25, 0.3) is 0 Å². The Morgan fingerprint density at radius 3 is 2.89 bits per heavy atom. The summed E-state index contributed by atoms with van der Waals surface area (Å²) in [6.07, 6.45) is 5.04. The summed E-state index contributed by atoms with van der Waals surface area (Å²) in [6.45, 7) is 10.3. The Bertz CT molecular complexity index is 314. The molecule has 1 rings (SSSR count). The fourth-order valence-corrected chi connectivity index (χ4v) is 1.94. The van der Waals surface area contributed by atoms with E-state index in [1.165, 1.54) is 18.5 Å². The van der Waals surface area contributed by atoms with E-state index >= 15 is 0 Å². The molecule has 0 fully saturated rings. The van der Waals surface area contributed by atoms with Gasteiger partial charge in [-0.15, -0.1) is 0 Å². The number of likely N-dealkylation sites (N-methyl/N-ethyl adjacent to an activating group) is 1. The molecule has 0 aliphatic rings. The Kier molecular flexibility index (Phi) is 7.64. The lowest BCUT2D eigenvalue weighted by atomic mass is 10.3. The fourth-order valence-electron chi connectivity index (χ4n) is 1.94. The Morgan fingerprint density at radius 2 is 2.22 bits per heavy atom. The number of aliphatic hydroxyl groups excluding tert-OH is 1. The van der Waals surface area contributed by atoms with Gasteiger partial charge in [-0.3, -0.25) is 4.68 Å². The van der Waals surface area contributed by atoms with E-state index < -0.39 is 0 Å². The highest BCUT2D eigenvalue weighted by atomic mass is 16.3. The van der Waals surface area contributed by atoms with E-state index in [1.54, 1.807) is 4.68 Å². The molecular weight excluding hydrogens is 228 g/mol. The fraction of sp³-hybridized carbons (Fsp3) is 0.769. The van der Waals surface area contributed by atoms with Crippen molar-refractivity contribution in [2.45, 2.75) is 33.4 Å². The first kappa shape index (κ1) is 15.1. The molecule has 0 unspecified atom stereocenters. The third-order valence-corrected chi connectivity index (χ3v) is 2.94. The molecule has 2 N–H and O–H groups in total. The summed E-state index contributed by atoms with van der Waals surface area (Å²) in [5, 5.41) is 16.4. The van der Waals surface area contributed by atoms with E-state index in [0.717, 1.165) is 26.2 Å². The van der Waals surface area contributed by atoms with Gasteiger partial charge in [-0.25, -0.2) is 0 Å². The van der Waals surface area contributed by atoms with Crippen LogP contribution < -0.4 is 5.32 Å². The molecule has 0 aliphatic carbocycles. The molecule has 0 saturated heterocycles. The zero-order chi connectivity index (χ0) is 13.2. The van der Waals surface area contributed by atoms with Crippen molar-refractivity contribution in [3.8, 4) is 0 Å². The number of rotatable bonds is 10. The van der Waals surface area contributed by atoms with Crippen molar-refractivity contribution in [2.75, 3.05) is 32.8 Å². The molecule has 0 atom stereocenters. The molecule has 104 valence electrons. The van der Waals surface area contributed by atoms with Crippen molar-refractivity contribution >= 4 is 0 Å². The van der Waals surface area contributed by atoms with Gasteiger partial charge in [0.2, 0.25) is 0 Å². The van der Waals surface area contributed by atoms with Gasteiger partial charge in [-0.1, -0.05) is 13.8 Å². The lowest BCUT2D eigenvalue weighted by Crippen LogP contribution is -2.32. The summed E-state index contributed by atoms with van der Waals surface area (Å²) in [4.78, 5) is 2.45. The minimum Gasteiger partial charge on any atom is -0.394 e. The zero-order valence-corrected chi connectivity index (χ0v) is 11.6. The van der Waals surface area contributed by atoms with E-state index in [2.05, 4.69) is 29.2 Å². The van der Waals surface area contributed by atoms with Crippen LogP contribution in [-0.2, 0) is 13.1 Å². The number of hydrogen-bond acceptors (Lipinski definition) is 4. The highest BCUT2D eigenvalue weighted by Crippen LogP contribution is 1.97. The Morgan fingerprint density at radius 1 is 1.39 bits per heavy atom. The second-order valence-corrected chi connectivity index (χ2v) is 4.45. The van der Waals surface area contributed by atoms with Crippen LogP contribution in [0.3, 0.4) is 0 Å². The number of nitrogens with one attached hydrogen (secondary N) is 1. The number of hydrogen-bond donors (Lipinski definition) is 2. The Labute approximate surface area is 110 Å². The quantitative estimate of drug-likeness (QED) is 0.603. The molecular formula is C13H26N4O. The summed E-state index contributed by atoms with van der Waals surface area (Å²) >= 11 is 0. The number of nitrogens with zero attached hydrogens (tertiary/aromatic N) is 3. The summed E-state index contributed by atoms with van der Waals surface area (Å²) in [5.41, 5.74) is 1.17. The Balaban J connectivity index is 2.16. The summed E-state index contributed by atoms with van der Waals surface area (Å²) in [6, 6.07) is 0. The topological polar surface area (TPSA) is 53.3 Å². The average Bonchev–Trinajstić information content (AvgIpc) is 2.81. The van der Waals surface area contributed by atoms with Crippen LogP contribution in [0.4, 0.5) is 0 Å². The first-order valence-corrected chi connectivity index (χ1v) is 6.85. The van der Waals surface area contributed by atoms with Gasteiger partial charge < -0.3 is 15.3 Å². The van der Waals surface area contributed by atoms with Crippen LogP contribution in [0, 0.1) is 0 Å². The number of aliphatic hydroxyl groups is 1. The molecule has 1 aromatic heterocycles. The lowest BCUT2D eigenvalue weighted by molar-refractivity contribution is 0.269. The van der Waals surface area contributed by atoms with Gasteiger partial charge in [-0.2, -0.15) is 5.10 Å². The highest BCUT2D eigenvalue weighted by Gasteiger charge is 2.01. The predicted molar refractivity (Wildman–Crippen MR) is 73.4 cm³/mol. The van der Waals surface area contributed by atoms with Gasteiger partial charge in [0.05, 0.1) is 19.3 Å². The maximum Gasteiger partial charge on any atom is 0.0640 e. The maximum absolute atomic E-state index is 8.80. The minimum absolute atomic E-state index is 0.136. The van der Waals surface area contributed by atoms with Gasteiger partial charge in [-0.05, 0) is 19.5 Å². The van der Waals surface area contributed by atoms with Crippen LogP contribution in [-0.4, -0.2) is 52.6 Å². The van der Waals surface area contributed by atoms with Crippen LogP contribution in [0.1, 0.15) is 25.8 Å². The third-order valence-electron chi connectivity index (χ3n) is 2.94. The molecule has 0 bridgehead atoms. The van der Waals surface area contributed by atoms with Gasteiger partial charge >= 0.3 is 0 Å². The summed E-state index contributed by atoms with van der Waals surface area (Å²) in [5.74, 6) is 0. The van der Waals surface area contributed by atoms with Gasteiger partial charge in [0.1, 0.15) is 0 Å². The van der Waals surface area contributed by atoms with E-state index in [1.807, 2.05) is 12.4 Å². The maximum atomic E-state index is 8.80. The van der Waals surface area contributed by atoms with Crippen LogP contribution in [0.2, 0.25) is 0 Å². The Hall–Kier alpha value is -0.910. The van der Waals surface area contributed by atoms with Crippen molar-refractivity contribution in [3.05, 3.63) is 18.0 Å². The summed E-state index contributed by atoms with van der Waals surface area (Å²) < 4.78 is 1.77. The second kappa shape index (κ2) is 9.08. The van der Waals surface area contributed by atoms with Crippen LogP contribution in [0.5, 0.6) is 0 Å². The molecule has 0 saturated carbocycles. The second-order valence-electron chi connectivity index (χ2n) is 4.45. The monoisotopic (exact) mass is 254 g/mol. The van der Waals surface area contributed by atoms with Crippen LogP contribution >= 0.6 is 0 Å². The van der Waals surface area contributed by atoms with Crippen molar-refractivity contribution in [2.24, 2.45) is 0 Å².